The van der Waals surface area contributed by atoms with Crippen molar-refractivity contribution >= 4 is 17.5 Å². The monoisotopic (exact) mass is 511 g/mol. The summed E-state index contributed by atoms with van der Waals surface area (Å²) < 4.78 is 53.0. The normalized spacial score (nSPS) is 15.4. The highest BCUT2D eigenvalue weighted by Gasteiger charge is 2.29. The van der Waals surface area contributed by atoms with E-state index in [0.29, 0.717) is 0 Å². The van der Waals surface area contributed by atoms with Gasteiger partial charge in [0.1, 0.15) is 18.5 Å². The van der Waals surface area contributed by atoms with Crippen molar-refractivity contribution in [3.05, 3.63) is 100 Å². The minimum absolute atomic E-state index is 0.0630. The van der Waals surface area contributed by atoms with Gasteiger partial charge in [0.15, 0.2) is 29.0 Å². The number of carbonyl (C=O) groups excluding carboxylic acids is 3. The van der Waals surface area contributed by atoms with E-state index in [1.165, 1.54) is 41.3 Å². The van der Waals surface area contributed by atoms with Crippen molar-refractivity contribution in [3.63, 3.8) is 0 Å². The molecule has 0 saturated carbocycles. The van der Waals surface area contributed by atoms with Crippen LogP contribution in [0.15, 0.2) is 60.7 Å². The van der Waals surface area contributed by atoms with Crippen LogP contribution in [0.1, 0.15) is 50.0 Å². The molecule has 192 valence electrons. The Morgan fingerprint density at radius 1 is 0.946 bits per heavy atom. The molecule has 1 unspecified atom stereocenters. The SMILES string of the molecule is CCC(=O)c1cc(F)c(OCC2CN(C(=O)c3ccccc3C(=O)c3ccc(F)cc3)CCO2)c(F)c1. The van der Waals surface area contributed by atoms with Gasteiger partial charge >= 0.3 is 0 Å². The van der Waals surface area contributed by atoms with Gasteiger partial charge in [-0.15, -0.1) is 0 Å². The van der Waals surface area contributed by atoms with Gasteiger partial charge in [0.2, 0.25) is 0 Å². The molecule has 4 rings (SSSR count). The number of nitrogens with zero attached hydrogens (tertiary/aromatic N) is 1. The van der Waals surface area contributed by atoms with Gasteiger partial charge in [-0.05, 0) is 42.5 Å². The fraction of sp³-hybridized carbons (Fsp3) is 0.250. The Labute approximate surface area is 211 Å². The van der Waals surface area contributed by atoms with E-state index in [0.717, 1.165) is 12.1 Å². The second kappa shape index (κ2) is 11.4. The number of ether oxygens (including phenoxy) is 2. The van der Waals surface area contributed by atoms with E-state index in [2.05, 4.69) is 0 Å². The standard InChI is InChI=1S/C28H24F3NO5/c1-2-25(33)18-13-23(30)27(24(31)14-18)37-16-20-15-32(11-12-36-20)28(35)22-6-4-3-5-21(22)26(34)17-7-9-19(29)10-8-17/h3-10,13-14,20H,2,11-12,15-16H2,1H3. The average molecular weight is 511 g/mol. The molecule has 1 fully saturated rings. The van der Waals surface area contributed by atoms with Crippen molar-refractivity contribution in [2.75, 3.05) is 26.3 Å². The Bertz CT molecular complexity index is 1300. The zero-order valence-corrected chi connectivity index (χ0v) is 20.0. The first-order chi connectivity index (χ1) is 17.8. The summed E-state index contributed by atoms with van der Waals surface area (Å²) in [5.41, 5.74) is 0.505. The summed E-state index contributed by atoms with van der Waals surface area (Å²) in [6.45, 7) is 1.81. The van der Waals surface area contributed by atoms with Crippen molar-refractivity contribution in [1.29, 1.82) is 0 Å². The smallest absolute Gasteiger partial charge is 0.254 e. The van der Waals surface area contributed by atoms with E-state index in [-0.39, 0.29) is 55.0 Å². The van der Waals surface area contributed by atoms with Crippen LogP contribution in [0, 0.1) is 17.5 Å². The van der Waals surface area contributed by atoms with Crippen LogP contribution >= 0.6 is 0 Å². The zero-order chi connectivity index (χ0) is 26.5. The Kier molecular flexibility index (Phi) is 8.03. The summed E-state index contributed by atoms with van der Waals surface area (Å²) in [6.07, 6.45) is -0.578. The number of benzene rings is 3. The molecule has 6 nitrogen and oxygen atoms in total. The molecule has 1 amide bonds. The maximum Gasteiger partial charge on any atom is 0.254 e. The molecule has 1 heterocycles. The molecule has 0 bridgehead atoms. The molecule has 1 aliphatic heterocycles. The van der Waals surface area contributed by atoms with Gasteiger partial charge in [0, 0.05) is 29.7 Å². The average Bonchev–Trinajstić information content (AvgIpc) is 2.91. The van der Waals surface area contributed by atoms with E-state index in [9.17, 15) is 27.6 Å². The number of amides is 1. The number of hydrogen-bond donors (Lipinski definition) is 0. The van der Waals surface area contributed by atoms with Gasteiger partial charge in [-0.1, -0.05) is 25.1 Å². The van der Waals surface area contributed by atoms with Gasteiger partial charge in [-0.25, -0.2) is 13.2 Å². The van der Waals surface area contributed by atoms with Crippen molar-refractivity contribution in [3.8, 4) is 5.75 Å². The number of carbonyl (C=O) groups is 3. The first kappa shape index (κ1) is 26.1. The molecule has 1 atom stereocenters. The molecular formula is C28H24F3NO5. The highest BCUT2D eigenvalue weighted by Crippen LogP contribution is 2.25. The first-order valence-electron chi connectivity index (χ1n) is 11.7. The Morgan fingerprint density at radius 3 is 2.24 bits per heavy atom. The van der Waals surface area contributed by atoms with Crippen LogP contribution in [-0.2, 0) is 4.74 Å². The van der Waals surface area contributed by atoms with Crippen molar-refractivity contribution < 1.29 is 37.0 Å². The maximum atomic E-state index is 14.4. The molecule has 1 saturated heterocycles. The van der Waals surface area contributed by atoms with Crippen LogP contribution in [0.2, 0.25) is 0 Å². The Hall–Kier alpha value is -3.98. The van der Waals surface area contributed by atoms with E-state index < -0.39 is 46.8 Å². The summed E-state index contributed by atoms with van der Waals surface area (Å²) in [5, 5.41) is 0. The molecule has 1 aliphatic rings. The lowest BCUT2D eigenvalue weighted by atomic mass is 9.97. The topological polar surface area (TPSA) is 72.9 Å². The fourth-order valence-corrected chi connectivity index (χ4v) is 4.04. The number of Topliss-reactive ketones (excluding diaryl/α,β-unsaturated/α-hetero) is 1. The molecule has 0 aromatic heterocycles. The molecule has 3 aromatic carbocycles. The highest BCUT2D eigenvalue weighted by atomic mass is 19.1. The lowest BCUT2D eigenvalue weighted by Crippen LogP contribution is -2.48. The molecule has 0 aliphatic carbocycles. The predicted octanol–water partition coefficient (Wildman–Crippen LogP) is 4.85. The van der Waals surface area contributed by atoms with Crippen LogP contribution < -0.4 is 4.74 Å². The number of hydrogen-bond acceptors (Lipinski definition) is 5. The largest absolute Gasteiger partial charge is 0.485 e. The van der Waals surface area contributed by atoms with Gasteiger partial charge in [0.25, 0.3) is 5.91 Å². The first-order valence-corrected chi connectivity index (χ1v) is 11.7. The molecule has 9 heteroatoms. The van der Waals surface area contributed by atoms with E-state index >= 15 is 0 Å². The third-order valence-electron chi connectivity index (χ3n) is 5.99. The van der Waals surface area contributed by atoms with E-state index in [4.69, 9.17) is 9.47 Å². The summed E-state index contributed by atoms with van der Waals surface area (Å²) in [4.78, 5) is 39.6. The van der Waals surface area contributed by atoms with Gasteiger partial charge in [0.05, 0.1) is 18.7 Å². The van der Waals surface area contributed by atoms with Crippen LogP contribution in [0.5, 0.6) is 5.75 Å². The molecule has 0 radical (unpaired) electrons. The quantitative estimate of drug-likeness (QED) is 0.405. The maximum absolute atomic E-state index is 14.4. The molecular weight excluding hydrogens is 487 g/mol. The highest BCUT2D eigenvalue weighted by molar-refractivity contribution is 6.15. The molecule has 37 heavy (non-hydrogen) atoms. The predicted molar refractivity (Wildman–Crippen MR) is 128 cm³/mol. The second-order valence-electron chi connectivity index (χ2n) is 8.48. The Morgan fingerprint density at radius 2 is 1.59 bits per heavy atom. The minimum atomic E-state index is -1.01. The van der Waals surface area contributed by atoms with Gasteiger partial charge in [-0.3, -0.25) is 14.4 Å². The Balaban J connectivity index is 1.46. The summed E-state index contributed by atoms with van der Waals surface area (Å²) in [7, 11) is 0. The third-order valence-corrected chi connectivity index (χ3v) is 5.99. The lowest BCUT2D eigenvalue weighted by Gasteiger charge is -2.33. The number of rotatable bonds is 8. The number of morpholine rings is 1. The molecule has 0 N–H and O–H groups in total. The third kappa shape index (κ3) is 5.89. The van der Waals surface area contributed by atoms with Crippen LogP contribution in [0.4, 0.5) is 13.2 Å². The van der Waals surface area contributed by atoms with Crippen molar-refractivity contribution in [1.82, 2.24) is 4.90 Å². The van der Waals surface area contributed by atoms with Crippen LogP contribution in [0.3, 0.4) is 0 Å². The second-order valence-corrected chi connectivity index (χ2v) is 8.48. The lowest BCUT2D eigenvalue weighted by molar-refractivity contribution is -0.0410. The van der Waals surface area contributed by atoms with Crippen LogP contribution in [0.25, 0.3) is 0 Å². The molecule has 0 spiro atoms. The summed E-state index contributed by atoms with van der Waals surface area (Å²) in [6, 6.07) is 13.2. The zero-order valence-electron chi connectivity index (χ0n) is 20.0. The van der Waals surface area contributed by atoms with Crippen molar-refractivity contribution in [2.24, 2.45) is 0 Å². The van der Waals surface area contributed by atoms with E-state index in [1.807, 2.05) is 0 Å². The van der Waals surface area contributed by atoms with Crippen LogP contribution in [-0.4, -0.2) is 54.8 Å². The summed E-state index contributed by atoms with van der Waals surface area (Å²) in [5.74, 6) is -4.36. The van der Waals surface area contributed by atoms with E-state index in [1.54, 1.807) is 19.1 Å². The number of ketones is 2. The molecule has 3 aromatic rings. The minimum Gasteiger partial charge on any atom is -0.485 e. The van der Waals surface area contributed by atoms with Crippen molar-refractivity contribution in [2.45, 2.75) is 19.4 Å². The number of halogens is 3. The fourth-order valence-electron chi connectivity index (χ4n) is 4.04. The van der Waals surface area contributed by atoms with Gasteiger partial charge in [-0.2, -0.15) is 0 Å². The van der Waals surface area contributed by atoms with Gasteiger partial charge < -0.3 is 14.4 Å². The summed E-state index contributed by atoms with van der Waals surface area (Å²) >= 11 is 0.